The molecular weight excluding hydrogens is 204 g/mol. The zero-order valence-corrected chi connectivity index (χ0v) is 8.12. The van der Waals surface area contributed by atoms with Crippen LogP contribution in [0.1, 0.15) is 23.2 Å². The van der Waals surface area contributed by atoms with E-state index in [4.69, 9.17) is 21.4 Å². The fourth-order valence-electron chi connectivity index (χ4n) is 1.12. The van der Waals surface area contributed by atoms with Crippen LogP contribution in [-0.4, -0.2) is 17.2 Å². The minimum absolute atomic E-state index is 0.0878. The number of hydrogen-bond acceptors (Lipinski definition) is 2. The summed E-state index contributed by atoms with van der Waals surface area (Å²) in [6.45, 7) is 0. The van der Waals surface area contributed by atoms with Gasteiger partial charge in [0.2, 0.25) is 0 Å². The van der Waals surface area contributed by atoms with Crippen LogP contribution >= 0.6 is 11.6 Å². The van der Waals surface area contributed by atoms with Crippen molar-refractivity contribution in [2.75, 3.05) is 0 Å². The zero-order chi connectivity index (χ0) is 10.1. The molecule has 0 radical (unpaired) electrons. The Morgan fingerprint density at radius 1 is 1.50 bits per heavy atom. The first-order chi connectivity index (χ1) is 6.66. The highest BCUT2D eigenvalue weighted by atomic mass is 35.5. The third kappa shape index (κ3) is 1.99. The summed E-state index contributed by atoms with van der Waals surface area (Å²) >= 11 is 5.71. The normalized spacial score (nSPS) is 15.2. The molecule has 0 amide bonds. The minimum Gasteiger partial charge on any atom is -0.490 e. The third-order valence-electron chi connectivity index (χ3n) is 2.00. The molecule has 14 heavy (non-hydrogen) atoms. The molecule has 0 saturated heterocycles. The van der Waals surface area contributed by atoms with Gasteiger partial charge < -0.3 is 9.84 Å². The van der Waals surface area contributed by atoms with Crippen LogP contribution in [0.2, 0.25) is 5.02 Å². The molecule has 0 heterocycles. The fourth-order valence-corrected chi connectivity index (χ4v) is 1.32. The molecule has 0 atom stereocenters. The highest BCUT2D eigenvalue weighted by Crippen LogP contribution is 2.29. The van der Waals surface area contributed by atoms with Crippen molar-refractivity contribution in [2.24, 2.45) is 0 Å². The Kier molecular flexibility index (Phi) is 2.33. The lowest BCUT2D eigenvalue weighted by molar-refractivity contribution is 0.0696. The van der Waals surface area contributed by atoms with Crippen LogP contribution in [0.25, 0.3) is 0 Å². The number of carboxylic acid groups (broad SMARTS) is 1. The van der Waals surface area contributed by atoms with Crippen molar-refractivity contribution in [1.29, 1.82) is 0 Å². The van der Waals surface area contributed by atoms with E-state index in [0.717, 1.165) is 12.8 Å². The molecule has 1 aromatic rings. The van der Waals surface area contributed by atoms with Gasteiger partial charge in [-0.15, -0.1) is 0 Å². The van der Waals surface area contributed by atoms with Crippen LogP contribution in [0.15, 0.2) is 18.2 Å². The van der Waals surface area contributed by atoms with Gasteiger partial charge in [-0.2, -0.15) is 0 Å². The van der Waals surface area contributed by atoms with E-state index < -0.39 is 5.97 Å². The van der Waals surface area contributed by atoms with E-state index in [1.54, 1.807) is 12.1 Å². The first kappa shape index (κ1) is 9.34. The molecule has 1 aliphatic rings. The molecule has 1 fully saturated rings. The lowest BCUT2D eigenvalue weighted by Crippen LogP contribution is -2.00. The second-order valence-corrected chi connectivity index (χ2v) is 3.67. The maximum absolute atomic E-state index is 10.7. The predicted octanol–water partition coefficient (Wildman–Crippen LogP) is 2.58. The van der Waals surface area contributed by atoms with Gasteiger partial charge in [0.25, 0.3) is 0 Å². The molecular formula is C10H9ClO3. The molecule has 3 nitrogen and oxygen atoms in total. The molecule has 1 aromatic carbocycles. The third-order valence-corrected chi connectivity index (χ3v) is 2.32. The van der Waals surface area contributed by atoms with Gasteiger partial charge in [0.15, 0.2) is 0 Å². The summed E-state index contributed by atoms with van der Waals surface area (Å²) in [6.07, 6.45) is 2.36. The van der Waals surface area contributed by atoms with Gasteiger partial charge in [-0.25, -0.2) is 4.79 Å². The van der Waals surface area contributed by atoms with Crippen LogP contribution < -0.4 is 4.74 Å². The van der Waals surface area contributed by atoms with Crippen molar-refractivity contribution < 1.29 is 14.6 Å². The Hall–Kier alpha value is -1.22. The van der Waals surface area contributed by atoms with E-state index in [-0.39, 0.29) is 16.7 Å². The second-order valence-electron chi connectivity index (χ2n) is 3.26. The monoisotopic (exact) mass is 212 g/mol. The molecule has 1 aliphatic carbocycles. The van der Waals surface area contributed by atoms with E-state index in [0.29, 0.717) is 5.75 Å². The number of halogens is 1. The minimum atomic E-state index is -1.03. The van der Waals surface area contributed by atoms with Crippen molar-refractivity contribution >= 4 is 17.6 Å². The van der Waals surface area contributed by atoms with Gasteiger partial charge in [0.05, 0.1) is 16.7 Å². The van der Waals surface area contributed by atoms with Crippen molar-refractivity contribution in [3.8, 4) is 5.75 Å². The summed E-state index contributed by atoms with van der Waals surface area (Å²) in [5.74, 6) is -0.453. The van der Waals surface area contributed by atoms with Crippen LogP contribution in [0.3, 0.4) is 0 Å². The Morgan fingerprint density at radius 2 is 2.21 bits per heavy atom. The molecule has 0 aliphatic heterocycles. The van der Waals surface area contributed by atoms with Gasteiger partial charge in [-0.05, 0) is 31.0 Å². The molecule has 1 N–H and O–H groups in total. The Bertz CT molecular complexity index is 372. The number of carbonyl (C=O) groups is 1. The zero-order valence-electron chi connectivity index (χ0n) is 7.37. The van der Waals surface area contributed by atoms with Crippen LogP contribution in [0.5, 0.6) is 5.75 Å². The van der Waals surface area contributed by atoms with Gasteiger partial charge >= 0.3 is 5.97 Å². The first-order valence-electron chi connectivity index (χ1n) is 4.36. The summed E-state index contributed by atoms with van der Waals surface area (Å²) < 4.78 is 5.45. The lowest BCUT2D eigenvalue weighted by atomic mass is 10.2. The van der Waals surface area contributed by atoms with Gasteiger partial charge in [-0.1, -0.05) is 11.6 Å². The molecule has 0 spiro atoms. The SMILES string of the molecule is O=C(O)c1cc(OC2CC2)ccc1Cl. The van der Waals surface area contributed by atoms with Crippen molar-refractivity contribution in [3.63, 3.8) is 0 Å². The number of carboxylic acids is 1. The Morgan fingerprint density at radius 3 is 2.79 bits per heavy atom. The Labute approximate surface area is 86.3 Å². The number of ether oxygens (including phenoxy) is 1. The van der Waals surface area contributed by atoms with Crippen LogP contribution in [0.4, 0.5) is 0 Å². The highest BCUT2D eigenvalue weighted by molar-refractivity contribution is 6.33. The Balaban J connectivity index is 2.24. The van der Waals surface area contributed by atoms with Gasteiger partial charge in [-0.3, -0.25) is 0 Å². The van der Waals surface area contributed by atoms with E-state index in [1.165, 1.54) is 6.07 Å². The van der Waals surface area contributed by atoms with E-state index in [2.05, 4.69) is 0 Å². The first-order valence-corrected chi connectivity index (χ1v) is 4.74. The topological polar surface area (TPSA) is 46.5 Å². The number of hydrogen-bond donors (Lipinski definition) is 1. The second kappa shape index (κ2) is 3.50. The summed E-state index contributed by atoms with van der Waals surface area (Å²) in [5, 5.41) is 9.04. The van der Waals surface area contributed by atoms with Crippen molar-refractivity contribution in [1.82, 2.24) is 0 Å². The molecule has 4 heteroatoms. The maximum atomic E-state index is 10.7. The summed E-state index contributed by atoms with van der Waals surface area (Å²) in [4.78, 5) is 10.7. The molecule has 0 unspecified atom stereocenters. The molecule has 74 valence electrons. The van der Waals surface area contributed by atoms with E-state index in [1.807, 2.05) is 0 Å². The molecule has 0 bridgehead atoms. The van der Waals surface area contributed by atoms with E-state index in [9.17, 15) is 4.79 Å². The summed E-state index contributed by atoms with van der Waals surface area (Å²) in [5.41, 5.74) is 0.0878. The maximum Gasteiger partial charge on any atom is 0.337 e. The molecule has 2 rings (SSSR count). The van der Waals surface area contributed by atoms with Crippen molar-refractivity contribution in [3.05, 3.63) is 28.8 Å². The van der Waals surface area contributed by atoms with E-state index >= 15 is 0 Å². The van der Waals surface area contributed by atoms with Gasteiger partial charge in [0, 0.05) is 0 Å². The summed E-state index contributed by atoms with van der Waals surface area (Å²) in [7, 11) is 0. The lowest BCUT2D eigenvalue weighted by Gasteiger charge is -2.05. The quantitative estimate of drug-likeness (QED) is 0.838. The molecule has 1 saturated carbocycles. The number of aromatic carboxylic acids is 1. The highest BCUT2D eigenvalue weighted by Gasteiger charge is 2.24. The smallest absolute Gasteiger partial charge is 0.337 e. The van der Waals surface area contributed by atoms with Gasteiger partial charge in [0.1, 0.15) is 5.75 Å². The summed E-state index contributed by atoms with van der Waals surface area (Å²) in [6, 6.07) is 4.69. The average Bonchev–Trinajstić information content (AvgIpc) is 2.92. The largest absolute Gasteiger partial charge is 0.490 e. The average molecular weight is 213 g/mol. The number of rotatable bonds is 3. The van der Waals surface area contributed by atoms with Crippen LogP contribution in [-0.2, 0) is 0 Å². The molecule has 0 aromatic heterocycles. The van der Waals surface area contributed by atoms with Crippen LogP contribution in [0, 0.1) is 0 Å². The fraction of sp³-hybridized carbons (Fsp3) is 0.300. The number of benzene rings is 1. The van der Waals surface area contributed by atoms with Crippen molar-refractivity contribution in [2.45, 2.75) is 18.9 Å². The predicted molar refractivity (Wildman–Crippen MR) is 52.1 cm³/mol. The standard InChI is InChI=1S/C10H9ClO3/c11-9-4-3-7(14-6-1-2-6)5-8(9)10(12)13/h3-6H,1-2H2,(H,12,13).